The maximum Gasteiger partial charge on any atom is 0.181 e. The van der Waals surface area contributed by atoms with Gasteiger partial charge in [0, 0.05) is 5.56 Å². The van der Waals surface area contributed by atoms with Crippen molar-refractivity contribution in [1.82, 2.24) is 4.98 Å². The van der Waals surface area contributed by atoms with Crippen LogP contribution < -0.4 is 5.73 Å². The Balaban J connectivity index is 2.49. The van der Waals surface area contributed by atoms with E-state index in [2.05, 4.69) is 4.98 Å². The predicted octanol–water partition coefficient (Wildman–Crippen LogP) is 1.63. The summed E-state index contributed by atoms with van der Waals surface area (Å²) >= 11 is 0. The van der Waals surface area contributed by atoms with Crippen molar-refractivity contribution in [1.29, 1.82) is 0 Å². The van der Waals surface area contributed by atoms with Crippen LogP contribution in [0.5, 0.6) is 5.75 Å². The molecule has 0 unspecified atom stereocenters. The minimum atomic E-state index is 0.0499. The number of hydrogen-bond acceptors (Lipinski definition) is 4. The number of nitrogens with two attached hydrogens (primary N) is 1. The molecular formula is C9H8N2O2. The van der Waals surface area contributed by atoms with E-state index in [9.17, 15) is 5.11 Å². The van der Waals surface area contributed by atoms with Gasteiger partial charge < -0.3 is 15.3 Å². The SMILES string of the molecule is Nc1ccc(-c2cnco2)cc1O. The van der Waals surface area contributed by atoms with Crippen molar-refractivity contribution in [2.75, 3.05) is 5.73 Å². The lowest BCUT2D eigenvalue weighted by molar-refractivity contribution is 0.477. The average molecular weight is 176 g/mol. The fourth-order valence-electron chi connectivity index (χ4n) is 1.06. The molecule has 1 aromatic heterocycles. The summed E-state index contributed by atoms with van der Waals surface area (Å²) in [6.45, 7) is 0. The summed E-state index contributed by atoms with van der Waals surface area (Å²) in [6.07, 6.45) is 2.91. The largest absolute Gasteiger partial charge is 0.506 e. The number of phenolic OH excluding ortho intramolecular Hbond substituents is 1. The van der Waals surface area contributed by atoms with Crippen molar-refractivity contribution < 1.29 is 9.52 Å². The van der Waals surface area contributed by atoms with Crippen LogP contribution in [0, 0.1) is 0 Å². The van der Waals surface area contributed by atoms with Crippen LogP contribution in [0.25, 0.3) is 11.3 Å². The molecule has 2 aromatic rings. The summed E-state index contributed by atoms with van der Waals surface area (Å²) in [7, 11) is 0. The quantitative estimate of drug-likeness (QED) is 0.511. The Labute approximate surface area is 74.6 Å². The molecule has 1 aromatic carbocycles. The lowest BCUT2D eigenvalue weighted by Gasteiger charge is -2.00. The van der Waals surface area contributed by atoms with Crippen molar-refractivity contribution in [2.24, 2.45) is 0 Å². The Bertz CT molecular complexity index is 410. The van der Waals surface area contributed by atoms with Crippen LogP contribution in [-0.4, -0.2) is 10.1 Å². The van der Waals surface area contributed by atoms with Crippen LogP contribution in [0.2, 0.25) is 0 Å². The monoisotopic (exact) mass is 176 g/mol. The van der Waals surface area contributed by atoms with Gasteiger partial charge in [0.05, 0.1) is 11.9 Å². The zero-order valence-corrected chi connectivity index (χ0v) is 6.77. The van der Waals surface area contributed by atoms with Crippen molar-refractivity contribution in [3.8, 4) is 17.1 Å². The molecule has 66 valence electrons. The lowest BCUT2D eigenvalue weighted by atomic mass is 10.1. The molecule has 0 saturated heterocycles. The lowest BCUT2D eigenvalue weighted by Crippen LogP contribution is -1.85. The first-order valence-electron chi connectivity index (χ1n) is 3.75. The number of phenols is 1. The Kier molecular flexibility index (Phi) is 1.66. The molecule has 0 saturated carbocycles. The first-order chi connectivity index (χ1) is 6.27. The molecule has 0 spiro atoms. The fourth-order valence-corrected chi connectivity index (χ4v) is 1.06. The molecule has 0 radical (unpaired) electrons. The number of nitrogens with zero attached hydrogens (tertiary/aromatic N) is 1. The van der Waals surface area contributed by atoms with Gasteiger partial charge >= 0.3 is 0 Å². The molecule has 0 aliphatic carbocycles. The van der Waals surface area contributed by atoms with Crippen LogP contribution in [-0.2, 0) is 0 Å². The van der Waals surface area contributed by atoms with Crippen molar-refractivity contribution in [3.63, 3.8) is 0 Å². The predicted molar refractivity (Wildman–Crippen MR) is 48.0 cm³/mol. The average Bonchev–Trinajstić information content (AvgIpc) is 2.62. The summed E-state index contributed by atoms with van der Waals surface area (Å²) < 4.78 is 5.05. The van der Waals surface area contributed by atoms with Crippen LogP contribution >= 0.6 is 0 Å². The molecule has 0 fully saturated rings. The third kappa shape index (κ3) is 1.33. The van der Waals surface area contributed by atoms with Crippen molar-refractivity contribution in [3.05, 3.63) is 30.8 Å². The first kappa shape index (κ1) is 7.67. The van der Waals surface area contributed by atoms with Crippen LogP contribution in [0.15, 0.2) is 35.2 Å². The highest BCUT2D eigenvalue weighted by Crippen LogP contribution is 2.27. The molecule has 3 N–H and O–H groups in total. The van der Waals surface area contributed by atoms with E-state index in [0.29, 0.717) is 11.4 Å². The van der Waals surface area contributed by atoms with Gasteiger partial charge in [0.1, 0.15) is 5.75 Å². The Morgan fingerprint density at radius 3 is 2.85 bits per heavy atom. The zero-order chi connectivity index (χ0) is 9.26. The minimum Gasteiger partial charge on any atom is -0.506 e. The van der Waals surface area contributed by atoms with E-state index in [-0.39, 0.29) is 5.75 Å². The molecular weight excluding hydrogens is 168 g/mol. The summed E-state index contributed by atoms with van der Waals surface area (Å²) in [5.74, 6) is 0.657. The normalized spacial score (nSPS) is 10.2. The number of benzene rings is 1. The molecule has 0 amide bonds. The highest BCUT2D eigenvalue weighted by molar-refractivity contribution is 5.65. The second-order valence-corrected chi connectivity index (χ2v) is 2.64. The van der Waals surface area contributed by atoms with Gasteiger partial charge in [-0.1, -0.05) is 0 Å². The van der Waals surface area contributed by atoms with Gasteiger partial charge in [-0.15, -0.1) is 0 Å². The molecule has 4 nitrogen and oxygen atoms in total. The second kappa shape index (κ2) is 2.82. The Morgan fingerprint density at radius 1 is 1.38 bits per heavy atom. The second-order valence-electron chi connectivity index (χ2n) is 2.64. The van der Waals surface area contributed by atoms with Crippen LogP contribution in [0.3, 0.4) is 0 Å². The van der Waals surface area contributed by atoms with Gasteiger partial charge in [-0.3, -0.25) is 0 Å². The summed E-state index contributed by atoms with van der Waals surface area (Å²) in [4.78, 5) is 3.77. The number of aromatic nitrogens is 1. The molecule has 4 heteroatoms. The first-order valence-corrected chi connectivity index (χ1v) is 3.75. The molecule has 0 bridgehead atoms. The van der Waals surface area contributed by atoms with Gasteiger partial charge in [0.15, 0.2) is 12.2 Å². The van der Waals surface area contributed by atoms with Gasteiger partial charge in [-0.2, -0.15) is 0 Å². The molecule has 0 atom stereocenters. The van der Waals surface area contributed by atoms with E-state index >= 15 is 0 Å². The van der Waals surface area contributed by atoms with Gasteiger partial charge in [0.2, 0.25) is 0 Å². The number of hydrogen-bond donors (Lipinski definition) is 2. The minimum absolute atomic E-state index is 0.0499. The molecule has 0 aliphatic rings. The summed E-state index contributed by atoms with van der Waals surface area (Å²) in [5.41, 5.74) is 6.55. The number of aromatic hydroxyl groups is 1. The van der Waals surface area contributed by atoms with Crippen molar-refractivity contribution in [2.45, 2.75) is 0 Å². The van der Waals surface area contributed by atoms with Gasteiger partial charge in [-0.25, -0.2) is 4.98 Å². The van der Waals surface area contributed by atoms with Crippen LogP contribution in [0.1, 0.15) is 0 Å². The molecule has 0 aliphatic heterocycles. The number of anilines is 1. The maximum atomic E-state index is 9.31. The third-order valence-corrected chi connectivity index (χ3v) is 1.75. The summed E-state index contributed by atoms with van der Waals surface area (Å²) in [6, 6.07) is 4.92. The highest BCUT2D eigenvalue weighted by atomic mass is 16.3. The Morgan fingerprint density at radius 2 is 2.23 bits per heavy atom. The molecule has 13 heavy (non-hydrogen) atoms. The van der Waals surface area contributed by atoms with E-state index < -0.39 is 0 Å². The molecule has 1 heterocycles. The van der Waals surface area contributed by atoms with E-state index in [1.54, 1.807) is 18.3 Å². The fraction of sp³-hybridized carbons (Fsp3) is 0. The van der Waals surface area contributed by atoms with Gasteiger partial charge in [-0.05, 0) is 18.2 Å². The Hall–Kier alpha value is -1.97. The van der Waals surface area contributed by atoms with E-state index in [1.807, 2.05) is 0 Å². The standard InChI is InChI=1S/C9H8N2O2/c10-7-2-1-6(3-8(7)12)9-4-11-5-13-9/h1-5,12H,10H2. The zero-order valence-electron chi connectivity index (χ0n) is 6.77. The van der Waals surface area contributed by atoms with Gasteiger partial charge in [0.25, 0.3) is 0 Å². The number of nitrogen functional groups attached to an aromatic ring is 1. The van der Waals surface area contributed by atoms with E-state index in [4.69, 9.17) is 10.2 Å². The smallest absolute Gasteiger partial charge is 0.181 e. The van der Waals surface area contributed by atoms with E-state index in [0.717, 1.165) is 5.56 Å². The topological polar surface area (TPSA) is 72.3 Å². The number of rotatable bonds is 1. The van der Waals surface area contributed by atoms with Crippen molar-refractivity contribution >= 4 is 5.69 Å². The number of oxazole rings is 1. The van der Waals surface area contributed by atoms with Crippen LogP contribution in [0.4, 0.5) is 5.69 Å². The highest BCUT2D eigenvalue weighted by Gasteiger charge is 2.03. The molecule has 2 rings (SSSR count). The third-order valence-electron chi connectivity index (χ3n) is 1.75. The maximum absolute atomic E-state index is 9.31. The van der Waals surface area contributed by atoms with E-state index in [1.165, 1.54) is 12.5 Å². The summed E-state index contributed by atoms with van der Waals surface area (Å²) in [5, 5.41) is 9.31.